The lowest BCUT2D eigenvalue weighted by Crippen LogP contribution is -2.55. The molecule has 1 atom stereocenters. The molecule has 2 saturated heterocycles. The number of nitrogens with zero attached hydrogens (tertiary/aromatic N) is 1. The molecule has 0 radical (unpaired) electrons. The monoisotopic (exact) mass is 280 g/mol. The Hall–Kier alpha value is -1.10. The minimum Gasteiger partial charge on any atom is -0.381 e. The number of hydrogen-bond donors (Lipinski definition) is 1. The zero-order valence-corrected chi connectivity index (χ0v) is 12.0. The number of amides is 2. The van der Waals surface area contributed by atoms with Crippen molar-refractivity contribution in [1.82, 2.24) is 10.2 Å². The highest BCUT2D eigenvalue weighted by atomic mass is 16.5. The van der Waals surface area contributed by atoms with E-state index in [4.69, 9.17) is 4.74 Å². The fourth-order valence-corrected chi connectivity index (χ4v) is 3.70. The minimum absolute atomic E-state index is 0.0342. The maximum absolute atomic E-state index is 12.8. The maximum atomic E-state index is 12.8. The molecule has 20 heavy (non-hydrogen) atoms. The van der Waals surface area contributed by atoms with E-state index >= 15 is 0 Å². The fourth-order valence-electron chi connectivity index (χ4n) is 3.70. The Morgan fingerprint density at radius 2 is 2.10 bits per heavy atom. The number of rotatable bonds is 3. The predicted octanol–water partition coefficient (Wildman–Crippen LogP) is 1.07. The quantitative estimate of drug-likeness (QED) is 0.841. The number of nitrogens with one attached hydrogen (secondary N) is 1. The molecule has 112 valence electrons. The first-order valence-corrected chi connectivity index (χ1v) is 7.88. The number of ether oxygens (including phenoxy) is 1. The van der Waals surface area contributed by atoms with Crippen LogP contribution in [0.4, 0.5) is 0 Å². The summed E-state index contributed by atoms with van der Waals surface area (Å²) >= 11 is 0. The summed E-state index contributed by atoms with van der Waals surface area (Å²) in [6.07, 6.45) is 6.23. The Labute approximate surface area is 120 Å². The summed E-state index contributed by atoms with van der Waals surface area (Å²) in [5.74, 6) is 0.765. The Balaban J connectivity index is 1.66. The molecule has 2 amide bonds. The summed E-state index contributed by atoms with van der Waals surface area (Å²) in [5.41, 5.74) is -0.584. The van der Waals surface area contributed by atoms with Gasteiger partial charge in [0.1, 0.15) is 5.54 Å². The summed E-state index contributed by atoms with van der Waals surface area (Å²) in [6, 6.07) is 0. The molecule has 3 aliphatic rings. The van der Waals surface area contributed by atoms with Crippen LogP contribution in [0.1, 0.15) is 44.9 Å². The van der Waals surface area contributed by atoms with E-state index in [0.717, 1.165) is 58.3 Å². The minimum atomic E-state index is -0.584. The van der Waals surface area contributed by atoms with Crippen LogP contribution in [0.2, 0.25) is 0 Å². The second kappa shape index (κ2) is 5.72. The van der Waals surface area contributed by atoms with E-state index in [1.54, 1.807) is 0 Å². The van der Waals surface area contributed by atoms with Crippen molar-refractivity contribution in [3.05, 3.63) is 0 Å². The molecular formula is C15H24N2O3. The standard InChI is InChI=1S/C15H24N2O3/c18-13-4-9-17(8-3-12-5-10-20-11-12)14(19)15(16-13)6-1-2-7-15/h12H,1-11H2,(H,16,18). The van der Waals surface area contributed by atoms with Crippen molar-refractivity contribution < 1.29 is 14.3 Å². The van der Waals surface area contributed by atoms with Crippen LogP contribution in [-0.4, -0.2) is 48.6 Å². The van der Waals surface area contributed by atoms with Crippen LogP contribution in [0, 0.1) is 5.92 Å². The first-order valence-electron chi connectivity index (χ1n) is 7.88. The summed E-state index contributed by atoms with van der Waals surface area (Å²) in [5, 5.41) is 3.01. The van der Waals surface area contributed by atoms with E-state index in [0.29, 0.717) is 18.9 Å². The molecule has 0 bridgehead atoms. The third-order valence-electron chi connectivity index (χ3n) is 4.97. The van der Waals surface area contributed by atoms with Gasteiger partial charge < -0.3 is 15.0 Å². The van der Waals surface area contributed by atoms with Crippen molar-refractivity contribution in [2.75, 3.05) is 26.3 Å². The molecule has 5 nitrogen and oxygen atoms in total. The van der Waals surface area contributed by atoms with Gasteiger partial charge in [-0.3, -0.25) is 9.59 Å². The Bertz CT molecular complexity index is 385. The van der Waals surface area contributed by atoms with Gasteiger partial charge in [-0.15, -0.1) is 0 Å². The normalized spacial score (nSPS) is 29.8. The first-order chi connectivity index (χ1) is 9.70. The Morgan fingerprint density at radius 1 is 1.30 bits per heavy atom. The van der Waals surface area contributed by atoms with Crippen LogP contribution < -0.4 is 5.32 Å². The van der Waals surface area contributed by atoms with E-state index < -0.39 is 5.54 Å². The van der Waals surface area contributed by atoms with Crippen LogP contribution in [0.25, 0.3) is 0 Å². The molecule has 0 aromatic heterocycles. The summed E-state index contributed by atoms with van der Waals surface area (Å²) in [6.45, 7) is 3.01. The molecular weight excluding hydrogens is 256 g/mol. The van der Waals surface area contributed by atoms with Gasteiger partial charge in [0.25, 0.3) is 0 Å². The van der Waals surface area contributed by atoms with Gasteiger partial charge in [0.05, 0.1) is 0 Å². The summed E-state index contributed by atoms with van der Waals surface area (Å²) in [7, 11) is 0. The summed E-state index contributed by atoms with van der Waals surface area (Å²) < 4.78 is 5.39. The Kier molecular flexibility index (Phi) is 3.96. The van der Waals surface area contributed by atoms with Gasteiger partial charge in [0.15, 0.2) is 0 Å². The zero-order chi connectivity index (χ0) is 14.0. The highest BCUT2D eigenvalue weighted by Gasteiger charge is 2.46. The van der Waals surface area contributed by atoms with E-state index in [1.807, 2.05) is 4.90 Å². The van der Waals surface area contributed by atoms with Crippen LogP contribution in [0.3, 0.4) is 0 Å². The molecule has 5 heteroatoms. The second-order valence-electron chi connectivity index (χ2n) is 6.40. The molecule has 1 spiro atoms. The van der Waals surface area contributed by atoms with Gasteiger partial charge in [-0.25, -0.2) is 0 Å². The molecule has 0 aromatic rings. The van der Waals surface area contributed by atoms with Crippen molar-refractivity contribution in [2.45, 2.75) is 50.5 Å². The van der Waals surface area contributed by atoms with Crippen LogP contribution in [0.5, 0.6) is 0 Å². The average Bonchev–Trinajstić information content (AvgIpc) is 3.07. The fraction of sp³-hybridized carbons (Fsp3) is 0.867. The Morgan fingerprint density at radius 3 is 2.80 bits per heavy atom. The molecule has 1 saturated carbocycles. The highest BCUT2D eigenvalue weighted by Crippen LogP contribution is 2.33. The van der Waals surface area contributed by atoms with E-state index in [-0.39, 0.29) is 11.8 Å². The first kappa shape index (κ1) is 13.9. The van der Waals surface area contributed by atoms with Gasteiger partial charge in [-0.1, -0.05) is 12.8 Å². The van der Waals surface area contributed by atoms with Gasteiger partial charge in [0, 0.05) is 32.7 Å². The molecule has 1 N–H and O–H groups in total. The SMILES string of the molecule is O=C1CCN(CCC2CCOC2)C(=O)C2(CCCC2)N1. The lowest BCUT2D eigenvalue weighted by molar-refractivity contribution is -0.138. The van der Waals surface area contributed by atoms with Crippen LogP contribution in [-0.2, 0) is 14.3 Å². The zero-order valence-electron chi connectivity index (χ0n) is 12.0. The number of hydrogen-bond acceptors (Lipinski definition) is 3. The molecule has 2 heterocycles. The second-order valence-corrected chi connectivity index (χ2v) is 6.40. The topological polar surface area (TPSA) is 58.6 Å². The van der Waals surface area contributed by atoms with Crippen molar-refractivity contribution >= 4 is 11.8 Å². The smallest absolute Gasteiger partial charge is 0.248 e. The molecule has 3 fully saturated rings. The van der Waals surface area contributed by atoms with E-state index in [1.165, 1.54) is 0 Å². The van der Waals surface area contributed by atoms with Crippen LogP contribution >= 0.6 is 0 Å². The molecule has 3 rings (SSSR count). The predicted molar refractivity (Wildman–Crippen MR) is 74.1 cm³/mol. The van der Waals surface area contributed by atoms with Crippen molar-refractivity contribution in [3.8, 4) is 0 Å². The average molecular weight is 280 g/mol. The maximum Gasteiger partial charge on any atom is 0.248 e. The number of carbonyl (C=O) groups is 2. The van der Waals surface area contributed by atoms with Gasteiger partial charge >= 0.3 is 0 Å². The van der Waals surface area contributed by atoms with Gasteiger partial charge in [-0.05, 0) is 31.6 Å². The van der Waals surface area contributed by atoms with E-state index in [9.17, 15) is 9.59 Å². The van der Waals surface area contributed by atoms with Crippen molar-refractivity contribution in [2.24, 2.45) is 5.92 Å². The third kappa shape index (κ3) is 2.68. The van der Waals surface area contributed by atoms with Crippen molar-refractivity contribution in [1.29, 1.82) is 0 Å². The molecule has 0 aromatic carbocycles. The molecule has 2 aliphatic heterocycles. The molecule has 1 unspecified atom stereocenters. The third-order valence-corrected chi connectivity index (χ3v) is 4.97. The largest absolute Gasteiger partial charge is 0.381 e. The van der Waals surface area contributed by atoms with Crippen LogP contribution in [0.15, 0.2) is 0 Å². The highest BCUT2D eigenvalue weighted by molar-refractivity contribution is 5.93. The lowest BCUT2D eigenvalue weighted by atomic mass is 9.95. The number of carbonyl (C=O) groups excluding carboxylic acids is 2. The molecule has 1 aliphatic carbocycles. The van der Waals surface area contributed by atoms with Crippen molar-refractivity contribution in [3.63, 3.8) is 0 Å². The van der Waals surface area contributed by atoms with E-state index in [2.05, 4.69) is 5.32 Å². The lowest BCUT2D eigenvalue weighted by Gasteiger charge is -2.32. The van der Waals surface area contributed by atoms with Gasteiger partial charge in [-0.2, -0.15) is 0 Å². The van der Waals surface area contributed by atoms with Gasteiger partial charge in [0.2, 0.25) is 11.8 Å². The summed E-state index contributed by atoms with van der Waals surface area (Å²) in [4.78, 5) is 26.6.